The van der Waals surface area contributed by atoms with Gasteiger partial charge in [0.15, 0.2) is 0 Å². The first-order valence-corrected chi connectivity index (χ1v) is 8.36. The van der Waals surface area contributed by atoms with Crippen LogP contribution in [-0.2, 0) is 0 Å². The quantitative estimate of drug-likeness (QED) is 0.832. The Morgan fingerprint density at radius 3 is 2.19 bits per heavy atom. The Morgan fingerprint density at radius 1 is 1.00 bits per heavy atom. The number of rotatable bonds is 7. The average molecular weight is 289 g/mol. The second kappa shape index (κ2) is 8.52. The van der Waals surface area contributed by atoms with E-state index in [1.807, 2.05) is 0 Å². The highest BCUT2D eigenvalue weighted by Crippen LogP contribution is 2.17. The normalized spacial score (nSPS) is 19.0. The highest BCUT2D eigenvalue weighted by atomic mass is 15.3. The van der Waals surface area contributed by atoms with Gasteiger partial charge in [-0.3, -0.25) is 0 Å². The molecule has 1 atom stereocenters. The zero-order valence-corrected chi connectivity index (χ0v) is 13.9. The van der Waals surface area contributed by atoms with Crippen LogP contribution in [0.15, 0.2) is 30.3 Å². The van der Waals surface area contributed by atoms with Crippen LogP contribution in [-0.4, -0.2) is 56.1 Å². The number of nitrogens with one attached hydrogen (secondary N) is 1. The fraction of sp³-hybridized carbons (Fsp3) is 0.667. The Hall–Kier alpha value is -0.900. The summed E-state index contributed by atoms with van der Waals surface area (Å²) in [5.74, 6) is 0.781. The zero-order chi connectivity index (χ0) is 15.1. The van der Waals surface area contributed by atoms with Crippen LogP contribution < -0.4 is 5.32 Å². The van der Waals surface area contributed by atoms with Crippen molar-refractivity contribution in [2.75, 3.05) is 46.3 Å². The Balaban J connectivity index is 1.73. The molecule has 3 nitrogen and oxygen atoms in total. The maximum absolute atomic E-state index is 3.46. The maximum atomic E-state index is 3.46. The van der Waals surface area contributed by atoms with Crippen LogP contribution in [0, 0.1) is 5.92 Å². The number of hydrogen-bond acceptors (Lipinski definition) is 3. The fourth-order valence-corrected chi connectivity index (χ4v) is 3.19. The molecule has 0 bridgehead atoms. The SMILES string of the molecule is CNC(CCN1CCN(CC(C)C)CC1)c1ccccc1. The molecule has 118 valence electrons. The number of benzene rings is 1. The van der Waals surface area contributed by atoms with E-state index in [4.69, 9.17) is 0 Å². The van der Waals surface area contributed by atoms with Gasteiger partial charge in [0, 0.05) is 45.3 Å². The third-order valence-electron chi connectivity index (χ3n) is 4.37. The molecule has 1 unspecified atom stereocenters. The van der Waals surface area contributed by atoms with Crippen molar-refractivity contribution >= 4 is 0 Å². The Morgan fingerprint density at radius 2 is 1.62 bits per heavy atom. The van der Waals surface area contributed by atoms with E-state index < -0.39 is 0 Å². The molecule has 1 heterocycles. The van der Waals surface area contributed by atoms with Gasteiger partial charge in [0.25, 0.3) is 0 Å². The molecule has 1 aliphatic heterocycles. The largest absolute Gasteiger partial charge is 0.313 e. The molecule has 1 N–H and O–H groups in total. The summed E-state index contributed by atoms with van der Waals surface area (Å²) in [6, 6.07) is 11.3. The predicted molar refractivity (Wildman–Crippen MR) is 90.6 cm³/mol. The number of piperazine rings is 1. The lowest BCUT2D eigenvalue weighted by Gasteiger charge is -2.36. The summed E-state index contributed by atoms with van der Waals surface area (Å²) in [5.41, 5.74) is 1.40. The van der Waals surface area contributed by atoms with Gasteiger partial charge in [-0.1, -0.05) is 44.2 Å². The van der Waals surface area contributed by atoms with Crippen molar-refractivity contribution in [3.63, 3.8) is 0 Å². The van der Waals surface area contributed by atoms with E-state index in [0.717, 1.165) is 5.92 Å². The summed E-state index contributed by atoms with van der Waals surface area (Å²) in [5, 5.41) is 3.46. The maximum Gasteiger partial charge on any atom is 0.0329 e. The van der Waals surface area contributed by atoms with Gasteiger partial charge >= 0.3 is 0 Å². The summed E-state index contributed by atoms with van der Waals surface area (Å²) in [7, 11) is 2.07. The second-order valence-electron chi connectivity index (χ2n) is 6.58. The van der Waals surface area contributed by atoms with Crippen LogP contribution in [0.25, 0.3) is 0 Å². The van der Waals surface area contributed by atoms with E-state index in [9.17, 15) is 0 Å². The molecular weight excluding hydrogens is 258 g/mol. The van der Waals surface area contributed by atoms with Crippen molar-refractivity contribution in [3.8, 4) is 0 Å². The molecule has 0 radical (unpaired) electrons. The molecule has 1 fully saturated rings. The van der Waals surface area contributed by atoms with Gasteiger partial charge in [-0.2, -0.15) is 0 Å². The molecule has 1 aliphatic rings. The van der Waals surface area contributed by atoms with Gasteiger partial charge in [-0.05, 0) is 24.9 Å². The van der Waals surface area contributed by atoms with Crippen LogP contribution >= 0.6 is 0 Å². The minimum atomic E-state index is 0.472. The van der Waals surface area contributed by atoms with Crippen molar-refractivity contribution in [1.82, 2.24) is 15.1 Å². The third-order valence-corrected chi connectivity index (χ3v) is 4.37. The van der Waals surface area contributed by atoms with E-state index in [1.165, 1.54) is 51.3 Å². The first kappa shape index (κ1) is 16.5. The molecule has 1 aromatic rings. The number of nitrogens with zero attached hydrogens (tertiary/aromatic N) is 2. The number of hydrogen-bond donors (Lipinski definition) is 1. The molecule has 1 aromatic carbocycles. The van der Waals surface area contributed by atoms with Crippen LogP contribution in [0.4, 0.5) is 0 Å². The van der Waals surface area contributed by atoms with Gasteiger partial charge in [-0.15, -0.1) is 0 Å². The second-order valence-corrected chi connectivity index (χ2v) is 6.58. The summed E-state index contributed by atoms with van der Waals surface area (Å²) in [6.45, 7) is 12.0. The minimum Gasteiger partial charge on any atom is -0.313 e. The van der Waals surface area contributed by atoms with Crippen molar-refractivity contribution in [1.29, 1.82) is 0 Å². The lowest BCUT2D eigenvalue weighted by atomic mass is 10.0. The first-order chi connectivity index (χ1) is 10.2. The lowest BCUT2D eigenvalue weighted by molar-refractivity contribution is 0.119. The molecule has 0 aliphatic carbocycles. The van der Waals surface area contributed by atoms with Gasteiger partial charge in [0.1, 0.15) is 0 Å². The molecule has 0 saturated carbocycles. The average Bonchev–Trinajstić information content (AvgIpc) is 2.50. The van der Waals surface area contributed by atoms with Crippen LogP contribution in [0.5, 0.6) is 0 Å². The predicted octanol–water partition coefficient (Wildman–Crippen LogP) is 2.61. The molecule has 21 heavy (non-hydrogen) atoms. The zero-order valence-electron chi connectivity index (χ0n) is 13.9. The van der Waals surface area contributed by atoms with Crippen molar-refractivity contribution < 1.29 is 0 Å². The minimum absolute atomic E-state index is 0.472. The molecular formula is C18H31N3. The van der Waals surface area contributed by atoms with Crippen molar-refractivity contribution in [2.45, 2.75) is 26.3 Å². The standard InChI is InChI=1S/C18H31N3/c1-16(2)15-21-13-11-20(12-14-21)10-9-18(19-3)17-7-5-4-6-8-17/h4-8,16,18-19H,9-15H2,1-3H3. The monoisotopic (exact) mass is 289 g/mol. The fourth-order valence-electron chi connectivity index (χ4n) is 3.19. The van der Waals surface area contributed by atoms with Crippen LogP contribution in [0.2, 0.25) is 0 Å². The summed E-state index contributed by atoms with van der Waals surface area (Å²) in [6.07, 6.45) is 1.19. The molecule has 1 saturated heterocycles. The highest BCUT2D eigenvalue weighted by molar-refractivity contribution is 5.18. The van der Waals surface area contributed by atoms with Gasteiger partial charge in [0.2, 0.25) is 0 Å². The molecule has 0 spiro atoms. The summed E-state index contributed by atoms with van der Waals surface area (Å²) < 4.78 is 0. The Kier molecular flexibility index (Phi) is 6.68. The molecule has 2 rings (SSSR count). The smallest absolute Gasteiger partial charge is 0.0329 e. The van der Waals surface area contributed by atoms with Crippen molar-refractivity contribution in [3.05, 3.63) is 35.9 Å². The van der Waals surface area contributed by atoms with E-state index in [0.29, 0.717) is 6.04 Å². The summed E-state index contributed by atoms with van der Waals surface area (Å²) >= 11 is 0. The summed E-state index contributed by atoms with van der Waals surface area (Å²) in [4.78, 5) is 5.22. The lowest BCUT2D eigenvalue weighted by Crippen LogP contribution is -2.47. The Bertz CT molecular complexity index is 383. The van der Waals surface area contributed by atoms with Crippen molar-refractivity contribution in [2.24, 2.45) is 5.92 Å². The van der Waals surface area contributed by atoms with E-state index in [-0.39, 0.29) is 0 Å². The van der Waals surface area contributed by atoms with E-state index >= 15 is 0 Å². The van der Waals surface area contributed by atoms with Crippen LogP contribution in [0.3, 0.4) is 0 Å². The first-order valence-electron chi connectivity index (χ1n) is 8.36. The highest BCUT2D eigenvalue weighted by Gasteiger charge is 2.18. The van der Waals surface area contributed by atoms with E-state index in [2.05, 4.69) is 66.3 Å². The topological polar surface area (TPSA) is 18.5 Å². The molecule has 0 amide bonds. The molecule has 0 aromatic heterocycles. The van der Waals surface area contributed by atoms with Gasteiger partial charge < -0.3 is 15.1 Å². The molecule has 3 heteroatoms. The Labute approximate surface area is 130 Å². The third kappa shape index (κ3) is 5.42. The van der Waals surface area contributed by atoms with Crippen LogP contribution in [0.1, 0.15) is 31.9 Å². The van der Waals surface area contributed by atoms with Gasteiger partial charge in [0.05, 0.1) is 0 Å². The van der Waals surface area contributed by atoms with Gasteiger partial charge in [-0.25, -0.2) is 0 Å². The van der Waals surface area contributed by atoms with E-state index in [1.54, 1.807) is 0 Å².